The molecule has 1 aromatic carbocycles. The molecule has 1 aliphatic heterocycles. The summed E-state index contributed by atoms with van der Waals surface area (Å²) in [5.41, 5.74) is 1.79. The summed E-state index contributed by atoms with van der Waals surface area (Å²) in [4.78, 5) is 24.8. The molecule has 1 fully saturated rings. The lowest BCUT2D eigenvalue weighted by atomic mass is 9.94. The zero-order valence-corrected chi connectivity index (χ0v) is 26.6. The molecule has 12 heteroatoms. The molecule has 0 amide bonds. The van der Waals surface area contributed by atoms with Gasteiger partial charge in [0.15, 0.2) is 6.10 Å². The van der Waals surface area contributed by atoms with Crippen molar-refractivity contribution >= 4 is 30.4 Å². The number of benzene rings is 1. The SMILES string of the molecule is COC(=O)C[C@H]1O[C@@H](S[Si](C(C)C)(C(C)C)C(C)C)[C@H](OC)[C@@H](n2cc(-c3cccc(F)c3)nn2)[C@H]1OC(C)=O. The lowest BCUT2D eigenvalue weighted by Gasteiger charge is -2.50. The van der Waals surface area contributed by atoms with Crippen LogP contribution in [-0.2, 0) is 28.5 Å². The van der Waals surface area contributed by atoms with Crippen molar-refractivity contribution in [2.45, 2.75) is 101 Å². The first kappa shape index (κ1) is 32.2. The van der Waals surface area contributed by atoms with Gasteiger partial charge in [-0.2, -0.15) is 11.2 Å². The van der Waals surface area contributed by atoms with Crippen LogP contribution in [0.4, 0.5) is 4.39 Å². The molecule has 1 aliphatic rings. The molecule has 9 nitrogen and oxygen atoms in total. The first-order chi connectivity index (χ1) is 18.8. The van der Waals surface area contributed by atoms with E-state index < -0.39 is 54.8 Å². The molecule has 40 heavy (non-hydrogen) atoms. The minimum absolute atomic E-state index is 0.122. The van der Waals surface area contributed by atoms with Crippen LogP contribution in [0.1, 0.15) is 60.9 Å². The molecule has 0 saturated carbocycles. The number of ether oxygens (including phenoxy) is 4. The van der Waals surface area contributed by atoms with Crippen molar-refractivity contribution in [1.82, 2.24) is 15.0 Å². The van der Waals surface area contributed by atoms with Crippen molar-refractivity contribution in [3.8, 4) is 11.3 Å². The van der Waals surface area contributed by atoms with E-state index in [1.54, 1.807) is 30.1 Å². The highest BCUT2D eigenvalue weighted by Gasteiger charge is 2.55. The zero-order chi connectivity index (χ0) is 29.8. The number of nitrogens with zero attached hydrogens (tertiary/aromatic N) is 3. The Morgan fingerprint density at radius 1 is 1.10 bits per heavy atom. The maximum absolute atomic E-state index is 14.0. The number of halogens is 1. The number of aromatic nitrogens is 3. The molecule has 2 heterocycles. The number of rotatable bonds is 11. The predicted octanol–water partition coefficient (Wildman–Crippen LogP) is 5.77. The summed E-state index contributed by atoms with van der Waals surface area (Å²) < 4.78 is 39.0. The second-order valence-corrected chi connectivity index (χ2v) is 19.8. The largest absolute Gasteiger partial charge is 0.469 e. The van der Waals surface area contributed by atoms with Crippen molar-refractivity contribution in [3.63, 3.8) is 0 Å². The summed E-state index contributed by atoms with van der Waals surface area (Å²) in [6.45, 7) is 14.9. The van der Waals surface area contributed by atoms with Gasteiger partial charge in [-0.3, -0.25) is 9.59 Å². The summed E-state index contributed by atoms with van der Waals surface area (Å²) in [6.07, 6.45) is -0.779. The highest BCUT2D eigenvalue weighted by molar-refractivity contribution is 8.29. The minimum Gasteiger partial charge on any atom is -0.469 e. The molecule has 0 N–H and O–H groups in total. The standard InChI is InChI=1S/C28H42FN3O6SSi/c1-16(2)40(17(3)4,18(5)6)39-28-27(36-9)25(26(37-19(7)33)23(38-28)14-24(34)35-8)32-15-22(30-31-32)20-11-10-12-21(29)13-20/h10-13,15-18,23,25-28H,14H2,1-9H3/t23-,25+,26+,27-,28+/m1/s1. The lowest BCUT2D eigenvalue weighted by Crippen LogP contribution is -2.58. The molecule has 0 bridgehead atoms. The van der Waals surface area contributed by atoms with Crippen molar-refractivity contribution in [2.24, 2.45) is 0 Å². The van der Waals surface area contributed by atoms with Crippen LogP contribution in [0.2, 0.25) is 16.6 Å². The molecule has 5 atom stereocenters. The molecule has 0 spiro atoms. The van der Waals surface area contributed by atoms with Crippen LogP contribution in [0.3, 0.4) is 0 Å². The first-order valence-electron chi connectivity index (χ1n) is 13.6. The number of carbonyl (C=O) groups excluding carboxylic acids is 2. The summed E-state index contributed by atoms with van der Waals surface area (Å²) in [5.74, 6) is -1.41. The van der Waals surface area contributed by atoms with Crippen LogP contribution >= 0.6 is 11.2 Å². The Morgan fingerprint density at radius 2 is 1.75 bits per heavy atom. The van der Waals surface area contributed by atoms with Crippen LogP contribution in [0.15, 0.2) is 30.5 Å². The van der Waals surface area contributed by atoms with Gasteiger partial charge in [-0.05, 0) is 28.8 Å². The average Bonchev–Trinajstić information content (AvgIpc) is 3.37. The Balaban J connectivity index is 2.15. The maximum Gasteiger partial charge on any atom is 0.308 e. The number of esters is 2. The van der Waals surface area contributed by atoms with Crippen LogP contribution in [0, 0.1) is 5.82 Å². The van der Waals surface area contributed by atoms with Gasteiger partial charge in [0, 0.05) is 19.6 Å². The van der Waals surface area contributed by atoms with E-state index in [-0.39, 0.29) is 6.42 Å². The molecule has 222 valence electrons. The third kappa shape index (κ3) is 6.77. The molecule has 0 aliphatic carbocycles. The van der Waals surface area contributed by atoms with E-state index >= 15 is 0 Å². The fourth-order valence-electron chi connectivity index (χ4n) is 6.10. The second kappa shape index (κ2) is 13.6. The lowest BCUT2D eigenvalue weighted by molar-refractivity contribution is -0.202. The summed E-state index contributed by atoms with van der Waals surface area (Å²) in [5, 5.41) is 8.67. The van der Waals surface area contributed by atoms with Crippen molar-refractivity contribution in [2.75, 3.05) is 14.2 Å². The molecular formula is C28H42FN3O6SSi. The monoisotopic (exact) mass is 595 g/mol. The fourth-order valence-corrected chi connectivity index (χ4v) is 16.2. The van der Waals surface area contributed by atoms with E-state index in [1.165, 1.54) is 26.2 Å². The number of carbonyl (C=O) groups is 2. The fraction of sp³-hybridized carbons (Fsp3) is 0.643. The van der Waals surface area contributed by atoms with Crippen LogP contribution in [0.25, 0.3) is 11.3 Å². The van der Waals surface area contributed by atoms with Crippen LogP contribution in [0.5, 0.6) is 0 Å². The Hall–Kier alpha value is -2.28. The van der Waals surface area contributed by atoms with Gasteiger partial charge in [0.25, 0.3) is 0 Å². The summed E-state index contributed by atoms with van der Waals surface area (Å²) >= 11 is 1.82. The molecule has 2 aromatic rings. The van der Waals surface area contributed by atoms with E-state index in [0.29, 0.717) is 27.9 Å². The minimum atomic E-state index is -2.09. The number of hydrogen-bond donors (Lipinski definition) is 0. The quantitative estimate of drug-likeness (QED) is 0.237. The molecular weight excluding hydrogens is 553 g/mol. The topological polar surface area (TPSA) is 102 Å². The van der Waals surface area contributed by atoms with Crippen LogP contribution in [-0.4, -0.2) is 72.1 Å². The van der Waals surface area contributed by atoms with Crippen molar-refractivity contribution in [3.05, 3.63) is 36.3 Å². The second-order valence-electron chi connectivity index (χ2n) is 11.1. The zero-order valence-electron chi connectivity index (χ0n) is 24.8. The van der Waals surface area contributed by atoms with E-state index in [9.17, 15) is 14.0 Å². The summed E-state index contributed by atoms with van der Waals surface area (Å²) in [7, 11) is 0.813. The number of hydrogen-bond acceptors (Lipinski definition) is 9. The van der Waals surface area contributed by atoms with Gasteiger partial charge >= 0.3 is 11.9 Å². The molecule has 1 aromatic heterocycles. The van der Waals surface area contributed by atoms with Crippen molar-refractivity contribution in [1.29, 1.82) is 0 Å². The van der Waals surface area contributed by atoms with Gasteiger partial charge in [0.1, 0.15) is 42.4 Å². The van der Waals surface area contributed by atoms with Crippen molar-refractivity contribution < 1.29 is 32.9 Å². The van der Waals surface area contributed by atoms with Gasteiger partial charge in [-0.25, -0.2) is 9.07 Å². The highest BCUT2D eigenvalue weighted by Crippen LogP contribution is 2.53. The smallest absolute Gasteiger partial charge is 0.308 e. The average molecular weight is 596 g/mol. The van der Waals surface area contributed by atoms with Gasteiger partial charge in [0.2, 0.25) is 0 Å². The molecule has 1 saturated heterocycles. The van der Waals surface area contributed by atoms with Crippen LogP contribution < -0.4 is 0 Å². The normalized spacial score (nSPS) is 23.6. The Kier molecular flexibility index (Phi) is 10.9. The van der Waals surface area contributed by atoms with E-state index in [2.05, 4.69) is 51.9 Å². The van der Waals surface area contributed by atoms with E-state index in [4.69, 9.17) is 18.9 Å². The van der Waals surface area contributed by atoms with E-state index in [0.717, 1.165) is 0 Å². The summed E-state index contributed by atoms with van der Waals surface area (Å²) in [6, 6.07) is 5.40. The maximum atomic E-state index is 14.0. The third-order valence-corrected chi connectivity index (χ3v) is 20.3. The van der Waals surface area contributed by atoms with Gasteiger partial charge < -0.3 is 18.9 Å². The first-order valence-corrected chi connectivity index (χ1v) is 17.5. The van der Waals surface area contributed by atoms with E-state index in [1.807, 2.05) is 11.2 Å². The third-order valence-electron chi connectivity index (χ3n) is 7.75. The Bertz CT molecular complexity index is 1140. The Morgan fingerprint density at radius 3 is 2.27 bits per heavy atom. The molecule has 0 unspecified atom stereocenters. The number of methoxy groups -OCH3 is 2. The Labute approximate surface area is 241 Å². The molecule has 3 rings (SSSR count). The van der Waals surface area contributed by atoms with Gasteiger partial charge in [0.05, 0.1) is 19.7 Å². The van der Waals surface area contributed by atoms with Gasteiger partial charge in [-0.1, -0.05) is 58.9 Å². The highest BCUT2D eigenvalue weighted by atomic mass is 32.4. The predicted molar refractivity (Wildman–Crippen MR) is 155 cm³/mol. The van der Waals surface area contributed by atoms with Gasteiger partial charge in [-0.15, -0.1) is 5.10 Å². The molecule has 0 radical (unpaired) electrons.